The standard InChI is InChI=1S/C19H34N4O9/c1-9(7-23(18(29)10(2)20)12(17(21)28)5-4-6-24)31-16-14(22-11(3)26)19(30)32-13(8-25)15(16)27/h6,9-10,12-16,19,25,27,30H,4-5,7-8,20H2,1-3H3,(H2,21,28)(H,22,26)/t9?,10-,12+,13+,14+,15+,16+,19-/m0/s1. The van der Waals surface area contributed by atoms with Crippen LogP contribution < -0.4 is 16.8 Å². The van der Waals surface area contributed by atoms with Gasteiger partial charge in [-0.1, -0.05) is 0 Å². The second-order valence-electron chi connectivity index (χ2n) is 7.82. The van der Waals surface area contributed by atoms with Gasteiger partial charge in [0.2, 0.25) is 17.7 Å². The second kappa shape index (κ2) is 12.8. The molecule has 1 fully saturated rings. The molecule has 3 amide bonds. The fourth-order valence-electron chi connectivity index (χ4n) is 3.53. The third kappa shape index (κ3) is 7.46. The van der Waals surface area contributed by atoms with Crippen LogP contribution in [-0.4, -0.2) is 106 Å². The van der Waals surface area contributed by atoms with Crippen molar-refractivity contribution in [3.05, 3.63) is 0 Å². The molecule has 1 aliphatic heterocycles. The fraction of sp³-hybridized carbons (Fsp3) is 0.789. The molecule has 8 atom stereocenters. The zero-order valence-electron chi connectivity index (χ0n) is 18.4. The Bertz CT molecular complexity index is 663. The van der Waals surface area contributed by atoms with E-state index in [0.717, 1.165) is 4.90 Å². The minimum Gasteiger partial charge on any atom is -0.394 e. The summed E-state index contributed by atoms with van der Waals surface area (Å²) in [5.41, 5.74) is 11.1. The summed E-state index contributed by atoms with van der Waals surface area (Å²) in [7, 11) is 0. The normalized spacial score (nSPS) is 28.3. The Morgan fingerprint density at radius 3 is 2.38 bits per heavy atom. The number of aldehydes is 1. The zero-order chi connectivity index (χ0) is 24.6. The quantitative estimate of drug-likeness (QED) is 0.156. The van der Waals surface area contributed by atoms with Gasteiger partial charge in [-0.25, -0.2) is 0 Å². The van der Waals surface area contributed by atoms with E-state index in [2.05, 4.69) is 5.32 Å². The second-order valence-corrected chi connectivity index (χ2v) is 7.82. The van der Waals surface area contributed by atoms with Gasteiger partial charge in [-0.15, -0.1) is 0 Å². The van der Waals surface area contributed by atoms with E-state index in [1.54, 1.807) is 0 Å². The van der Waals surface area contributed by atoms with Crippen molar-refractivity contribution in [2.45, 2.75) is 82.4 Å². The van der Waals surface area contributed by atoms with Gasteiger partial charge in [0.15, 0.2) is 6.29 Å². The van der Waals surface area contributed by atoms with Crippen molar-refractivity contribution < 1.29 is 44.0 Å². The SMILES string of the molecule is CC(=O)N[C@@H]1[C@@H](OC(C)CN(C(=O)[C@H](C)N)[C@H](CCC=O)C(N)=O)[C@H](O)[C@@H](CO)O[C@@H]1O. The molecule has 1 saturated heterocycles. The molecule has 0 saturated carbocycles. The number of primary amides is 1. The van der Waals surface area contributed by atoms with Crippen molar-refractivity contribution in [1.29, 1.82) is 0 Å². The van der Waals surface area contributed by atoms with Crippen molar-refractivity contribution in [3.63, 3.8) is 0 Å². The van der Waals surface area contributed by atoms with Crippen LogP contribution in [0.25, 0.3) is 0 Å². The number of amides is 3. The number of carbonyl (C=O) groups is 4. The van der Waals surface area contributed by atoms with E-state index >= 15 is 0 Å². The molecule has 8 N–H and O–H groups in total. The smallest absolute Gasteiger partial charge is 0.240 e. The lowest BCUT2D eigenvalue weighted by molar-refractivity contribution is -0.268. The number of hydrogen-bond acceptors (Lipinski definition) is 10. The van der Waals surface area contributed by atoms with E-state index in [9.17, 15) is 34.5 Å². The summed E-state index contributed by atoms with van der Waals surface area (Å²) >= 11 is 0. The van der Waals surface area contributed by atoms with Gasteiger partial charge in [-0.05, 0) is 20.3 Å². The maximum atomic E-state index is 12.7. The number of nitrogens with one attached hydrogen (secondary N) is 1. The van der Waals surface area contributed by atoms with Crippen molar-refractivity contribution in [3.8, 4) is 0 Å². The highest BCUT2D eigenvalue weighted by Crippen LogP contribution is 2.24. The molecular formula is C19H34N4O9. The molecule has 0 spiro atoms. The van der Waals surface area contributed by atoms with Gasteiger partial charge in [0.05, 0.1) is 18.8 Å². The van der Waals surface area contributed by atoms with Crippen LogP contribution in [0.2, 0.25) is 0 Å². The molecule has 184 valence electrons. The molecule has 13 nitrogen and oxygen atoms in total. The van der Waals surface area contributed by atoms with E-state index in [1.807, 2.05) is 0 Å². The van der Waals surface area contributed by atoms with Crippen LogP contribution in [0.1, 0.15) is 33.6 Å². The fourth-order valence-corrected chi connectivity index (χ4v) is 3.53. The average Bonchev–Trinajstić information content (AvgIpc) is 2.71. The Balaban J connectivity index is 3.11. The number of nitrogens with zero attached hydrogens (tertiary/aromatic N) is 1. The molecule has 0 aromatic heterocycles. The van der Waals surface area contributed by atoms with Crippen LogP contribution in [0.15, 0.2) is 0 Å². The Hall–Kier alpha value is -2.16. The summed E-state index contributed by atoms with van der Waals surface area (Å²) < 4.78 is 11.0. The Morgan fingerprint density at radius 1 is 1.28 bits per heavy atom. The molecular weight excluding hydrogens is 428 g/mol. The Labute approximate surface area is 186 Å². The predicted molar refractivity (Wildman–Crippen MR) is 110 cm³/mol. The molecule has 0 aromatic carbocycles. The van der Waals surface area contributed by atoms with Gasteiger partial charge in [-0.2, -0.15) is 0 Å². The van der Waals surface area contributed by atoms with Gasteiger partial charge in [0.25, 0.3) is 0 Å². The monoisotopic (exact) mass is 462 g/mol. The molecule has 0 aromatic rings. The maximum Gasteiger partial charge on any atom is 0.240 e. The summed E-state index contributed by atoms with van der Waals surface area (Å²) in [4.78, 5) is 48.0. The Kier molecular flexibility index (Phi) is 11.1. The predicted octanol–water partition coefficient (Wildman–Crippen LogP) is -3.66. The van der Waals surface area contributed by atoms with Crippen LogP contribution in [0.5, 0.6) is 0 Å². The maximum absolute atomic E-state index is 12.7. The molecule has 1 rings (SSSR count). The van der Waals surface area contributed by atoms with Gasteiger partial charge >= 0.3 is 0 Å². The van der Waals surface area contributed by atoms with E-state index < -0.39 is 73.2 Å². The number of nitrogens with two attached hydrogens (primary N) is 2. The van der Waals surface area contributed by atoms with E-state index in [0.29, 0.717) is 6.29 Å². The lowest BCUT2D eigenvalue weighted by Gasteiger charge is -2.44. The van der Waals surface area contributed by atoms with E-state index in [1.165, 1.54) is 20.8 Å². The number of hydrogen-bond donors (Lipinski definition) is 6. The van der Waals surface area contributed by atoms with E-state index in [4.69, 9.17) is 20.9 Å². The van der Waals surface area contributed by atoms with E-state index in [-0.39, 0.29) is 19.4 Å². The summed E-state index contributed by atoms with van der Waals surface area (Å²) in [6.07, 6.45) is -5.69. The molecule has 0 aliphatic carbocycles. The molecule has 1 aliphatic rings. The third-order valence-corrected chi connectivity index (χ3v) is 5.02. The molecule has 0 bridgehead atoms. The topological polar surface area (TPSA) is 215 Å². The van der Waals surface area contributed by atoms with Crippen LogP contribution in [-0.2, 0) is 28.7 Å². The van der Waals surface area contributed by atoms with Crippen LogP contribution in [0, 0.1) is 0 Å². The first-order valence-electron chi connectivity index (χ1n) is 10.3. The lowest BCUT2D eigenvalue weighted by Crippen LogP contribution is -2.65. The van der Waals surface area contributed by atoms with Crippen LogP contribution in [0.3, 0.4) is 0 Å². The highest BCUT2D eigenvalue weighted by molar-refractivity contribution is 5.89. The highest BCUT2D eigenvalue weighted by Gasteiger charge is 2.46. The number of aliphatic hydroxyl groups excluding tert-OH is 3. The molecule has 1 unspecified atom stereocenters. The van der Waals surface area contributed by atoms with Gasteiger partial charge < -0.3 is 51.3 Å². The highest BCUT2D eigenvalue weighted by atomic mass is 16.6. The largest absolute Gasteiger partial charge is 0.394 e. The van der Waals surface area contributed by atoms with Gasteiger partial charge in [0.1, 0.15) is 36.7 Å². The van der Waals surface area contributed by atoms with Crippen LogP contribution >= 0.6 is 0 Å². The van der Waals surface area contributed by atoms with Crippen molar-refractivity contribution in [1.82, 2.24) is 10.2 Å². The Morgan fingerprint density at radius 2 is 1.91 bits per heavy atom. The minimum atomic E-state index is -1.58. The van der Waals surface area contributed by atoms with Crippen LogP contribution in [0.4, 0.5) is 0 Å². The lowest BCUT2D eigenvalue weighted by atomic mass is 9.96. The van der Waals surface area contributed by atoms with Gasteiger partial charge in [0, 0.05) is 19.9 Å². The van der Waals surface area contributed by atoms with Gasteiger partial charge in [-0.3, -0.25) is 14.4 Å². The summed E-state index contributed by atoms with van der Waals surface area (Å²) in [5.74, 6) is -1.95. The third-order valence-electron chi connectivity index (χ3n) is 5.02. The summed E-state index contributed by atoms with van der Waals surface area (Å²) in [5, 5.41) is 32.6. The summed E-state index contributed by atoms with van der Waals surface area (Å²) in [6.45, 7) is 3.35. The number of carbonyl (C=O) groups excluding carboxylic acids is 4. The molecule has 32 heavy (non-hydrogen) atoms. The first kappa shape index (κ1) is 27.9. The number of ether oxygens (including phenoxy) is 2. The minimum absolute atomic E-state index is 0.0102. The number of rotatable bonds is 12. The van der Waals surface area contributed by atoms with Crippen molar-refractivity contribution in [2.24, 2.45) is 11.5 Å². The molecule has 13 heteroatoms. The molecule has 1 heterocycles. The molecule has 0 radical (unpaired) electrons. The number of aliphatic hydroxyl groups is 3. The zero-order valence-corrected chi connectivity index (χ0v) is 18.4. The van der Waals surface area contributed by atoms with Crippen molar-refractivity contribution >= 4 is 24.0 Å². The summed E-state index contributed by atoms with van der Waals surface area (Å²) in [6, 6.07) is -3.26. The van der Waals surface area contributed by atoms with Crippen molar-refractivity contribution in [2.75, 3.05) is 13.2 Å². The first-order chi connectivity index (χ1) is 14.9. The first-order valence-corrected chi connectivity index (χ1v) is 10.3. The average molecular weight is 463 g/mol.